The minimum Gasteiger partial charge on any atom is -0.505 e. The molecular formula is C24H44O8. The molecule has 0 aromatic rings. The third-order valence-corrected chi connectivity index (χ3v) is 5.27. The van der Waals surface area contributed by atoms with E-state index in [0.717, 1.165) is 6.42 Å². The zero-order valence-corrected chi connectivity index (χ0v) is 19.9. The molecule has 0 saturated heterocycles. The molecule has 1 aliphatic heterocycles. The first-order valence-corrected chi connectivity index (χ1v) is 12.2. The van der Waals surface area contributed by atoms with Crippen molar-refractivity contribution in [3.63, 3.8) is 0 Å². The van der Waals surface area contributed by atoms with E-state index in [2.05, 4.69) is 11.7 Å². The summed E-state index contributed by atoms with van der Waals surface area (Å²) in [4.78, 5) is 21.7. The van der Waals surface area contributed by atoms with E-state index >= 15 is 0 Å². The Balaban J connectivity index is 0.000000677. The molecule has 0 aromatic carbocycles. The lowest BCUT2D eigenvalue weighted by molar-refractivity contribution is -0.147. The van der Waals surface area contributed by atoms with Crippen molar-refractivity contribution in [1.29, 1.82) is 0 Å². The van der Waals surface area contributed by atoms with Crippen LogP contribution in [0.4, 0.5) is 0 Å². The summed E-state index contributed by atoms with van der Waals surface area (Å²) < 4.78 is 9.23. The highest BCUT2D eigenvalue weighted by Gasteiger charge is 2.38. The lowest BCUT2D eigenvalue weighted by Crippen LogP contribution is -2.31. The summed E-state index contributed by atoms with van der Waals surface area (Å²) in [6.07, 6.45) is 15.2. The van der Waals surface area contributed by atoms with Gasteiger partial charge in [0.1, 0.15) is 6.10 Å². The van der Waals surface area contributed by atoms with Crippen molar-refractivity contribution in [2.24, 2.45) is 0 Å². The Kier molecular flexibility index (Phi) is 18.7. The third-order valence-electron chi connectivity index (χ3n) is 5.27. The summed E-state index contributed by atoms with van der Waals surface area (Å²) in [6, 6.07) is 0. The van der Waals surface area contributed by atoms with Crippen LogP contribution in [0.5, 0.6) is 0 Å². The van der Waals surface area contributed by atoms with Gasteiger partial charge in [0.25, 0.3) is 0 Å². The van der Waals surface area contributed by atoms with Gasteiger partial charge < -0.3 is 29.9 Å². The Morgan fingerprint density at radius 1 is 0.906 bits per heavy atom. The van der Waals surface area contributed by atoms with Crippen molar-refractivity contribution in [1.82, 2.24) is 0 Å². The number of ether oxygens (including phenoxy) is 2. The first-order chi connectivity index (χ1) is 15.4. The molecule has 0 unspecified atom stereocenters. The number of esters is 2. The molecule has 188 valence electrons. The lowest BCUT2D eigenvalue weighted by atomic mass is 10.0. The number of aliphatic hydroxyl groups excluding tert-OH is 4. The van der Waals surface area contributed by atoms with Crippen molar-refractivity contribution in [2.75, 3.05) is 13.2 Å². The Labute approximate surface area is 192 Å². The zero-order valence-electron chi connectivity index (χ0n) is 19.9. The number of rotatable bonds is 17. The van der Waals surface area contributed by atoms with Crippen LogP contribution in [0.1, 0.15) is 104 Å². The second-order valence-electron chi connectivity index (χ2n) is 8.11. The largest absolute Gasteiger partial charge is 0.505 e. The molecule has 0 amide bonds. The van der Waals surface area contributed by atoms with Gasteiger partial charge in [-0.25, -0.2) is 4.79 Å². The Morgan fingerprint density at radius 3 is 1.75 bits per heavy atom. The highest BCUT2D eigenvalue weighted by atomic mass is 16.6. The summed E-state index contributed by atoms with van der Waals surface area (Å²) in [6.45, 7) is 3.97. The number of cyclic esters (lactones) is 1. The van der Waals surface area contributed by atoms with Gasteiger partial charge in [-0.05, 0) is 13.3 Å². The molecule has 0 saturated carbocycles. The second-order valence-corrected chi connectivity index (χ2v) is 8.11. The average molecular weight is 461 g/mol. The fourth-order valence-electron chi connectivity index (χ4n) is 3.34. The number of hydrogen-bond acceptors (Lipinski definition) is 8. The molecule has 0 bridgehead atoms. The molecule has 0 fully saturated rings. The maximum Gasteiger partial charge on any atom is 0.377 e. The summed E-state index contributed by atoms with van der Waals surface area (Å²) in [5.74, 6) is -2.81. The van der Waals surface area contributed by atoms with Gasteiger partial charge in [0.15, 0.2) is 11.9 Å². The molecule has 0 spiro atoms. The first kappa shape index (κ1) is 30.2. The van der Waals surface area contributed by atoms with E-state index in [0.29, 0.717) is 13.0 Å². The summed E-state index contributed by atoms with van der Waals surface area (Å²) in [5.41, 5.74) is 0. The van der Waals surface area contributed by atoms with E-state index in [1.54, 1.807) is 0 Å². The molecule has 0 aliphatic carbocycles. The highest BCUT2D eigenvalue weighted by Crippen LogP contribution is 2.21. The van der Waals surface area contributed by atoms with Crippen LogP contribution in [0, 0.1) is 0 Å². The predicted molar refractivity (Wildman–Crippen MR) is 122 cm³/mol. The van der Waals surface area contributed by atoms with Crippen LogP contribution in [-0.2, 0) is 19.1 Å². The normalized spacial score (nSPS) is 16.4. The number of carbonyl (C=O) groups excluding carboxylic acids is 2. The van der Waals surface area contributed by atoms with Gasteiger partial charge >= 0.3 is 11.9 Å². The fourth-order valence-corrected chi connectivity index (χ4v) is 3.34. The standard InChI is InChI=1S/C18H36O2.C6H8O6/c1-3-5-6-7-8-9-10-11-12-13-14-15-16-17-18(19)20-4-2;7-1-2(8)5-3(9)4(10)6(11)12-5/h3-17H2,1-2H3;2,5,7-10H,1H2/t;2-,5+/m.0/s1. The molecule has 4 N–H and O–H groups in total. The molecule has 8 heteroatoms. The van der Waals surface area contributed by atoms with Gasteiger partial charge in [0.2, 0.25) is 5.76 Å². The number of aliphatic hydroxyl groups is 4. The second kappa shape index (κ2) is 19.9. The van der Waals surface area contributed by atoms with Crippen LogP contribution in [0.2, 0.25) is 0 Å². The van der Waals surface area contributed by atoms with E-state index in [1.807, 2.05) is 6.92 Å². The Bertz CT molecular complexity index is 532. The van der Waals surface area contributed by atoms with Crippen molar-refractivity contribution >= 4 is 11.9 Å². The van der Waals surface area contributed by atoms with Crippen LogP contribution in [0.25, 0.3) is 0 Å². The minimum absolute atomic E-state index is 0.0319. The van der Waals surface area contributed by atoms with Gasteiger partial charge in [-0.1, -0.05) is 84.0 Å². The maximum absolute atomic E-state index is 11.1. The van der Waals surface area contributed by atoms with Crippen molar-refractivity contribution < 1.29 is 39.5 Å². The predicted octanol–water partition coefficient (Wildman–Crippen LogP) is 4.62. The number of hydrogen-bond donors (Lipinski definition) is 4. The summed E-state index contributed by atoms with van der Waals surface area (Å²) in [7, 11) is 0. The SMILES string of the molecule is CCCCCCCCCCCCCCCC(=O)OCC.O=C1O[C@H]([C@@H](O)CO)C(O)=C1O. The maximum atomic E-state index is 11.1. The zero-order chi connectivity index (χ0) is 24.2. The van der Waals surface area contributed by atoms with Crippen molar-refractivity contribution in [2.45, 2.75) is 116 Å². The van der Waals surface area contributed by atoms with E-state index in [-0.39, 0.29) is 5.97 Å². The first-order valence-electron chi connectivity index (χ1n) is 12.2. The molecule has 32 heavy (non-hydrogen) atoms. The van der Waals surface area contributed by atoms with E-state index < -0.39 is 36.3 Å². The third kappa shape index (κ3) is 14.3. The van der Waals surface area contributed by atoms with E-state index in [1.165, 1.54) is 77.0 Å². The lowest BCUT2D eigenvalue weighted by Gasteiger charge is -2.13. The topological polar surface area (TPSA) is 134 Å². The van der Waals surface area contributed by atoms with Gasteiger partial charge in [-0.15, -0.1) is 0 Å². The summed E-state index contributed by atoms with van der Waals surface area (Å²) >= 11 is 0. The quantitative estimate of drug-likeness (QED) is 0.182. The summed E-state index contributed by atoms with van der Waals surface area (Å²) in [5, 5.41) is 35.0. The van der Waals surface area contributed by atoms with E-state index in [4.69, 9.17) is 25.2 Å². The van der Waals surface area contributed by atoms with Gasteiger partial charge in [-0.2, -0.15) is 0 Å². The van der Waals surface area contributed by atoms with Crippen molar-refractivity contribution in [3.8, 4) is 0 Å². The number of carbonyl (C=O) groups is 2. The Hall–Kier alpha value is -1.80. The minimum atomic E-state index is -1.42. The van der Waals surface area contributed by atoms with Crippen LogP contribution >= 0.6 is 0 Å². The van der Waals surface area contributed by atoms with Crippen LogP contribution in [-0.4, -0.2) is 57.8 Å². The van der Waals surface area contributed by atoms with Crippen LogP contribution in [0.3, 0.4) is 0 Å². The monoisotopic (exact) mass is 460 g/mol. The molecule has 1 heterocycles. The molecular weight excluding hydrogens is 416 g/mol. The molecule has 8 nitrogen and oxygen atoms in total. The highest BCUT2D eigenvalue weighted by molar-refractivity contribution is 5.89. The number of unbranched alkanes of at least 4 members (excludes halogenated alkanes) is 12. The molecule has 0 radical (unpaired) electrons. The molecule has 1 aliphatic rings. The average Bonchev–Trinajstić information content (AvgIpc) is 3.04. The van der Waals surface area contributed by atoms with Crippen molar-refractivity contribution in [3.05, 3.63) is 11.5 Å². The van der Waals surface area contributed by atoms with Crippen LogP contribution < -0.4 is 0 Å². The smallest absolute Gasteiger partial charge is 0.377 e. The Morgan fingerprint density at radius 2 is 1.38 bits per heavy atom. The fraction of sp³-hybridized carbons (Fsp3) is 0.833. The molecule has 2 atom stereocenters. The van der Waals surface area contributed by atoms with Gasteiger partial charge in [0.05, 0.1) is 13.2 Å². The van der Waals surface area contributed by atoms with E-state index in [9.17, 15) is 9.59 Å². The molecule has 0 aromatic heterocycles. The molecule has 1 rings (SSSR count). The van der Waals surface area contributed by atoms with Crippen LogP contribution in [0.15, 0.2) is 11.5 Å². The van der Waals surface area contributed by atoms with Gasteiger partial charge in [-0.3, -0.25) is 4.79 Å². The van der Waals surface area contributed by atoms with Gasteiger partial charge in [0, 0.05) is 6.42 Å².